The molecule has 1 aromatic heterocycles. The number of aryl methyl sites for hydroxylation is 1. The summed E-state index contributed by atoms with van der Waals surface area (Å²) in [5.74, 6) is -1.23. The van der Waals surface area contributed by atoms with Crippen molar-refractivity contribution in [3.05, 3.63) is 35.5 Å². The van der Waals surface area contributed by atoms with Gasteiger partial charge in [0.25, 0.3) is 0 Å². The maximum absolute atomic E-state index is 11.0. The Kier molecular flexibility index (Phi) is 3.13. The molecule has 0 fully saturated rings. The first-order chi connectivity index (χ1) is 8.41. The lowest BCUT2D eigenvalue weighted by atomic mass is 10.2. The first-order valence-corrected chi connectivity index (χ1v) is 5.94. The molecule has 0 spiro atoms. The highest BCUT2D eigenvalue weighted by Gasteiger charge is 2.23. The molecular formula is C14H17NO3. The number of hydrogen-bond acceptors (Lipinski definition) is 2. The van der Waals surface area contributed by atoms with Gasteiger partial charge in [-0.15, -0.1) is 0 Å². The van der Waals surface area contributed by atoms with E-state index in [9.17, 15) is 9.90 Å². The standard InChI is InChI=1S/C14H17NO3/c1-8(2)15-11-6-9(3)4-5-10(11)7-12(15)13(16)14(17)18/h4-8,13,16H,1-3H3,(H,17,18). The number of aromatic nitrogens is 1. The SMILES string of the molecule is Cc1ccc2cc(C(O)C(=O)O)n(C(C)C)c2c1. The van der Waals surface area contributed by atoms with E-state index < -0.39 is 12.1 Å². The van der Waals surface area contributed by atoms with E-state index in [0.717, 1.165) is 16.5 Å². The summed E-state index contributed by atoms with van der Waals surface area (Å²) in [5, 5.41) is 19.7. The predicted molar refractivity (Wildman–Crippen MR) is 69.7 cm³/mol. The van der Waals surface area contributed by atoms with Crippen LogP contribution in [0.25, 0.3) is 10.9 Å². The quantitative estimate of drug-likeness (QED) is 0.876. The molecule has 1 atom stereocenters. The van der Waals surface area contributed by atoms with E-state index in [2.05, 4.69) is 0 Å². The number of rotatable bonds is 3. The number of aliphatic hydroxyl groups excluding tert-OH is 1. The van der Waals surface area contributed by atoms with Crippen molar-refractivity contribution in [3.8, 4) is 0 Å². The molecule has 0 saturated carbocycles. The maximum Gasteiger partial charge on any atom is 0.338 e. The molecule has 4 nitrogen and oxygen atoms in total. The van der Waals surface area contributed by atoms with E-state index in [1.165, 1.54) is 0 Å². The second-order valence-electron chi connectivity index (χ2n) is 4.84. The van der Waals surface area contributed by atoms with Gasteiger partial charge in [-0.1, -0.05) is 12.1 Å². The largest absolute Gasteiger partial charge is 0.479 e. The summed E-state index contributed by atoms with van der Waals surface area (Å²) in [7, 11) is 0. The minimum Gasteiger partial charge on any atom is -0.479 e. The van der Waals surface area contributed by atoms with E-state index in [4.69, 9.17) is 5.11 Å². The van der Waals surface area contributed by atoms with Crippen molar-refractivity contribution in [2.24, 2.45) is 0 Å². The van der Waals surface area contributed by atoms with Gasteiger partial charge in [0.1, 0.15) is 0 Å². The number of benzene rings is 1. The number of carbonyl (C=O) groups is 1. The van der Waals surface area contributed by atoms with Gasteiger partial charge in [-0.05, 0) is 38.5 Å². The highest BCUT2D eigenvalue weighted by molar-refractivity contribution is 5.84. The van der Waals surface area contributed by atoms with Crippen molar-refractivity contribution in [2.75, 3.05) is 0 Å². The third-order valence-electron chi connectivity index (χ3n) is 3.06. The topological polar surface area (TPSA) is 62.5 Å². The molecule has 96 valence electrons. The summed E-state index contributed by atoms with van der Waals surface area (Å²) in [4.78, 5) is 11.0. The molecule has 1 aromatic carbocycles. The van der Waals surface area contributed by atoms with Gasteiger partial charge >= 0.3 is 5.97 Å². The predicted octanol–water partition coefficient (Wildman–Crippen LogP) is 2.65. The number of fused-ring (bicyclic) bond motifs is 1. The molecule has 0 bridgehead atoms. The van der Waals surface area contributed by atoms with Crippen molar-refractivity contribution >= 4 is 16.9 Å². The van der Waals surface area contributed by atoms with Crippen molar-refractivity contribution in [1.29, 1.82) is 0 Å². The molecule has 2 rings (SSSR count). The molecule has 0 aliphatic carbocycles. The average Bonchev–Trinajstić information content (AvgIpc) is 2.65. The van der Waals surface area contributed by atoms with E-state index in [1.807, 2.05) is 43.5 Å². The second kappa shape index (κ2) is 4.46. The van der Waals surface area contributed by atoms with E-state index in [1.54, 1.807) is 6.07 Å². The Balaban J connectivity index is 2.73. The van der Waals surface area contributed by atoms with Crippen LogP contribution in [0.1, 0.15) is 37.3 Å². The Morgan fingerprint density at radius 3 is 2.50 bits per heavy atom. The maximum atomic E-state index is 11.0. The Bertz CT molecular complexity index is 598. The molecule has 2 N–H and O–H groups in total. The molecule has 0 aliphatic heterocycles. The van der Waals surface area contributed by atoms with Gasteiger partial charge in [0, 0.05) is 16.9 Å². The molecule has 1 heterocycles. The van der Waals surface area contributed by atoms with Crippen molar-refractivity contribution in [1.82, 2.24) is 4.57 Å². The summed E-state index contributed by atoms with van der Waals surface area (Å²) < 4.78 is 1.88. The van der Waals surface area contributed by atoms with Crippen molar-refractivity contribution in [3.63, 3.8) is 0 Å². The molecule has 0 saturated heterocycles. The summed E-state index contributed by atoms with van der Waals surface area (Å²) in [6, 6.07) is 7.76. The van der Waals surface area contributed by atoms with Gasteiger partial charge < -0.3 is 14.8 Å². The van der Waals surface area contributed by atoms with Gasteiger partial charge in [0.15, 0.2) is 6.10 Å². The van der Waals surface area contributed by atoms with Crippen LogP contribution in [0.15, 0.2) is 24.3 Å². The minimum absolute atomic E-state index is 0.0910. The molecule has 0 aliphatic rings. The molecule has 1 unspecified atom stereocenters. The zero-order valence-electron chi connectivity index (χ0n) is 10.7. The number of carboxylic acids is 1. The van der Waals surface area contributed by atoms with Gasteiger partial charge in [0.05, 0.1) is 5.69 Å². The van der Waals surface area contributed by atoms with Crippen LogP contribution >= 0.6 is 0 Å². The third kappa shape index (κ3) is 1.99. The molecule has 0 radical (unpaired) electrons. The first-order valence-electron chi connectivity index (χ1n) is 5.94. The Labute approximate surface area is 105 Å². The lowest BCUT2D eigenvalue weighted by molar-refractivity contribution is -0.147. The molecule has 0 amide bonds. The van der Waals surface area contributed by atoms with Crippen LogP contribution in [0.3, 0.4) is 0 Å². The second-order valence-corrected chi connectivity index (χ2v) is 4.84. The van der Waals surface area contributed by atoms with E-state index in [0.29, 0.717) is 5.69 Å². The van der Waals surface area contributed by atoms with Crippen LogP contribution in [0.5, 0.6) is 0 Å². The Hall–Kier alpha value is -1.81. The summed E-state index contributed by atoms with van der Waals surface area (Å²) in [6.07, 6.45) is -1.49. The smallest absolute Gasteiger partial charge is 0.338 e. The number of hydrogen-bond donors (Lipinski definition) is 2. The zero-order chi connectivity index (χ0) is 13.4. The van der Waals surface area contributed by atoms with Gasteiger partial charge in [-0.25, -0.2) is 4.79 Å². The third-order valence-corrected chi connectivity index (χ3v) is 3.06. The monoisotopic (exact) mass is 247 g/mol. The number of aliphatic hydroxyl groups is 1. The van der Waals surface area contributed by atoms with Gasteiger partial charge in [0.2, 0.25) is 0 Å². The number of aliphatic carboxylic acids is 1. The molecular weight excluding hydrogens is 230 g/mol. The fourth-order valence-corrected chi connectivity index (χ4v) is 2.27. The summed E-state index contributed by atoms with van der Waals surface area (Å²) >= 11 is 0. The van der Waals surface area contributed by atoms with Crippen LogP contribution in [0.4, 0.5) is 0 Å². The normalized spacial score (nSPS) is 13.2. The van der Waals surface area contributed by atoms with E-state index >= 15 is 0 Å². The highest BCUT2D eigenvalue weighted by atomic mass is 16.4. The average molecular weight is 247 g/mol. The van der Waals surface area contributed by atoms with Gasteiger partial charge in [-0.2, -0.15) is 0 Å². The number of nitrogens with zero attached hydrogens (tertiary/aromatic N) is 1. The lowest BCUT2D eigenvalue weighted by Gasteiger charge is -2.16. The summed E-state index contributed by atoms with van der Waals surface area (Å²) in [5.41, 5.74) is 2.50. The lowest BCUT2D eigenvalue weighted by Crippen LogP contribution is -2.16. The first kappa shape index (κ1) is 12.6. The molecule has 2 aromatic rings. The Morgan fingerprint density at radius 1 is 1.28 bits per heavy atom. The van der Waals surface area contributed by atoms with Crippen LogP contribution in [-0.4, -0.2) is 20.7 Å². The van der Waals surface area contributed by atoms with Gasteiger partial charge in [-0.3, -0.25) is 0 Å². The number of carboxylic acid groups (broad SMARTS) is 1. The van der Waals surface area contributed by atoms with Crippen LogP contribution in [0, 0.1) is 6.92 Å². The zero-order valence-corrected chi connectivity index (χ0v) is 10.7. The molecule has 18 heavy (non-hydrogen) atoms. The van der Waals surface area contributed by atoms with Crippen LogP contribution < -0.4 is 0 Å². The van der Waals surface area contributed by atoms with Crippen molar-refractivity contribution in [2.45, 2.75) is 32.9 Å². The fourth-order valence-electron chi connectivity index (χ4n) is 2.27. The van der Waals surface area contributed by atoms with E-state index in [-0.39, 0.29) is 6.04 Å². The minimum atomic E-state index is -1.49. The Morgan fingerprint density at radius 2 is 1.94 bits per heavy atom. The summed E-state index contributed by atoms with van der Waals surface area (Å²) in [6.45, 7) is 5.93. The van der Waals surface area contributed by atoms with Crippen molar-refractivity contribution < 1.29 is 15.0 Å². The molecule has 4 heteroatoms. The highest BCUT2D eigenvalue weighted by Crippen LogP contribution is 2.28. The fraction of sp³-hybridized carbons (Fsp3) is 0.357. The van der Waals surface area contributed by atoms with Crippen LogP contribution in [-0.2, 0) is 4.79 Å². The van der Waals surface area contributed by atoms with Crippen LogP contribution in [0.2, 0.25) is 0 Å².